The molecule has 1 atom stereocenters. The predicted molar refractivity (Wildman–Crippen MR) is 84.9 cm³/mol. The molecule has 20 heavy (non-hydrogen) atoms. The Morgan fingerprint density at radius 3 is 2.55 bits per heavy atom. The Kier molecular flexibility index (Phi) is 5.75. The summed E-state index contributed by atoms with van der Waals surface area (Å²) >= 11 is 0. The van der Waals surface area contributed by atoms with Gasteiger partial charge in [0.2, 0.25) is 0 Å². The van der Waals surface area contributed by atoms with Gasteiger partial charge in [0.15, 0.2) is 0 Å². The van der Waals surface area contributed by atoms with Crippen LogP contribution in [0.3, 0.4) is 0 Å². The number of aryl methyl sites for hydroxylation is 1. The van der Waals surface area contributed by atoms with Crippen LogP contribution in [0.4, 0.5) is 0 Å². The summed E-state index contributed by atoms with van der Waals surface area (Å²) in [5.41, 5.74) is 3.96. The van der Waals surface area contributed by atoms with Crippen molar-refractivity contribution < 1.29 is 0 Å². The second kappa shape index (κ2) is 7.81. The molecule has 0 aliphatic heterocycles. The smallest absolute Gasteiger partial charge is 0.0419 e. The Hall–Kier alpha value is -1.67. The van der Waals surface area contributed by atoms with E-state index in [-0.39, 0.29) is 0 Å². The van der Waals surface area contributed by atoms with E-state index in [1.807, 2.05) is 12.3 Å². The fourth-order valence-corrected chi connectivity index (χ4v) is 2.44. The van der Waals surface area contributed by atoms with Crippen LogP contribution in [0.5, 0.6) is 0 Å². The molecule has 0 radical (unpaired) electrons. The van der Waals surface area contributed by atoms with Crippen molar-refractivity contribution in [3.63, 3.8) is 0 Å². The molecule has 0 aliphatic rings. The topological polar surface area (TPSA) is 24.9 Å². The molecule has 0 fully saturated rings. The van der Waals surface area contributed by atoms with E-state index in [1.165, 1.54) is 11.1 Å². The molecule has 2 rings (SSSR count). The van der Waals surface area contributed by atoms with Gasteiger partial charge in [-0.2, -0.15) is 0 Å². The van der Waals surface area contributed by atoms with Crippen LogP contribution in [0.25, 0.3) is 0 Å². The van der Waals surface area contributed by atoms with Crippen molar-refractivity contribution in [2.75, 3.05) is 6.54 Å². The molecule has 0 saturated heterocycles. The minimum atomic E-state index is 0.450. The molecule has 0 aliphatic carbocycles. The highest BCUT2D eigenvalue weighted by Crippen LogP contribution is 2.12. The largest absolute Gasteiger partial charge is 0.313 e. The maximum atomic E-state index is 4.45. The van der Waals surface area contributed by atoms with Crippen LogP contribution in [0.2, 0.25) is 0 Å². The molecule has 0 saturated carbocycles. The van der Waals surface area contributed by atoms with Gasteiger partial charge in [-0.3, -0.25) is 4.98 Å². The second-order valence-corrected chi connectivity index (χ2v) is 5.31. The number of rotatable bonds is 7. The van der Waals surface area contributed by atoms with Crippen molar-refractivity contribution >= 4 is 0 Å². The number of aromatic nitrogens is 1. The van der Waals surface area contributed by atoms with Crippen LogP contribution in [0, 0.1) is 6.92 Å². The summed E-state index contributed by atoms with van der Waals surface area (Å²) in [4.78, 5) is 4.45. The molecule has 1 heterocycles. The molecule has 1 N–H and O–H groups in total. The first-order valence-electron chi connectivity index (χ1n) is 7.47. The van der Waals surface area contributed by atoms with E-state index in [1.54, 1.807) is 0 Å². The molecule has 0 bridgehead atoms. The summed E-state index contributed by atoms with van der Waals surface area (Å²) in [5.74, 6) is 0. The van der Waals surface area contributed by atoms with Crippen molar-refractivity contribution in [2.24, 2.45) is 0 Å². The van der Waals surface area contributed by atoms with Gasteiger partial charge in [-0.1, -0.05) is 37.3 Å². The quantitative estimate of drug-likeness (QED) is 0.830. The van der Waals surface area contributed by atoms with Gasteiger partial charge in [-0.05, 0) is 49.6 Å². The molecule has 1 aromatic carbocycles. The third kappa shape index (κ3) is 4.46. The second-order valence-electron chi connectivity index (χ2n) is 5.31. The van der Waals surface area contributed by atoms with Gasteiger partial charge in [0.25, 0.3) is 0 Å². The molecule has 0 amide bonds. The zero-order valence-corrected chi connectivity index (χ0v) is 12.5. The first-order valence-corrected chi connectivity index (χ1v) is 7.47. The Labute approximate surface area is 122 Å². The Morgan fingerprint density at radius 2 is 1.85 bits per heavy atom. The predicted octanol–water partition coefficient (Wildman–Crippen LogP) is 3.54. The van der Waals surface area contributed by atoms with E-state index in [0.717, 1.165) is 31.5 Å². The SMILES string of the molecule is CCCNC(Cc1ccccn1)Cc1ccccc1C. The summed E-state index contributed by atoms with van der Waals surface area (Å²) in [5, 5.41) is 3.65. The van der Waals surface area contributed by atoms with Gasteiger partial charge in [0.05, 0.1) is 0 Å². The lowest BCUT2D eigenvalue weighted by atomic mass is 9.98. The monoisotopic (exact) mass is 268 g/mol. The van der Waals surface area contributed by atoms with E-state index < -0.39 is 0 Å². The Balaban J connectivity index is 2.05. The van der Waals surface area contributed by atoms with Crippen molar-refractivity contribution in [3.8, 4) is 0 Å². The highest BCUT2D eigenvalue weighted by Gasteiger charge is 2.11. The fraction of sp³-hybridized carbons (Fsp3) is 0.389. The molecule has 1 unspecified atom stereocenters. The maximum absolute atomic E-state index is 4.45. The van der Waals surface area contributed by atoms with Gasteiger partial charge < -0.3 is 5.32 Å². The van der Waals surface area contributed by atoms with Crippen molar-refractivity contribution in [2.45, 2.75) is 39.2 Å². The van der Waals surface area contributed by atoms with Gasteiger partial charge in [0.1, 0.15) is 0 Å². The average Bonchev–Trinajstić information content (AvgIpc) is 2.48. The van der Waals surface area contributed by atoms with E-state index in [0.29, 0.717) is 6.04 Å². The van der Waals surface area contributed by atoms with Crippen molar-refractivity contribution in [3.05, 3.63) is 65.5 Å². The van der Waals surface area contributed by atoms with Crippen molar-refractivity contribution in [1.29, 1.82) is 0 Å². The molecule has 2 nitrogen and oxygen atoms in total. The van der Waals surface area contributed by atoms with Gasteiger partial charge in [0, 0.05) is 24.4 Å². The summed E-state index contributed by atoms with van der Waals surface area (Å²) in [6, 6.07) is 15.2. The lowest BCUT2D eigenvalue weighted by molar-refractivity contribution is 0.500. The normalized spacial score (nSPS) is 12.3. The highest BCUT2D eigenvalue weighted by molar-refractivity contribution is 5.26. The number of hydrogen-bond donors (Lipinski definition) is 1. The Bertz CT molecular complexity index is 508. The van der Waals surface area contributed by atoms with Crippen LogP contribution in [0.1, 0.15) is 30.2 Å². The minimum absolute atomic E-state index is 0.450. The van der Waals surface area contributed by atoms with E-state index in [9.17, 15) is 0 Å². The van der Waals surface area contributed by atoms with E-state index in [4.69, 9.17) is 0 Å². The van der Waals surface area contributed by atoms with E-state index >= 15 is 0 Å². The number of pyridine rings is 1. The summed E-state index contributed by atoms with van der Waals surface area (Å²) in [6.45, 7) is 5.45. The number of nitrogens with one attached hydrogen (secondary N) is 1. The molecule has 2 aromatic rings. The van der Waals surface area contributed by atoms with Gasteiger partial charge >= 0.3 is 0 Å². The molecule has 0 spiro atoms. The first-order chi connectivity index (χ1) is 9.79. The van der Waals surface area contributed by atoms with Crippen molar-refractivity contribution in [1.82, 2.24) is 10.3 Å². The van der Waals surface area contributed by atoms with Crippen LogP contribution < -0.4 is 5.32 Å². The lowest BCUT2D eigenvalue weighted by Crippen LogP contribution is -2.34. The maximum Gasteiger partial charge on any atom is 0.0419 e. The number of benzene rings is 1. The third-order valence-electron chi connectivity index (χ3n) is 3.59. The van der Waals surface area contributed by atoms with Crippen LogP contribution >= 0.6 is 0 Å². The molecule has 2 heteroatoms. The average molecular weight is 268 g/mol. The fourth-order valence-electron chi connectivity index (χ4n) is 2.44. The lowest BCUT2D eigenvalue weighted by Gasteiger charge is -2.19. The standard InChI is InChI=1S/C18H24N2/c1-3-11-19-18(14-17-10-6-7-12-20-17)13-16-9-5-4-8-15(16)2/h4-10,12,18-19H,3,11,13-14H2,1-2H3. The molecular weight excluding hydrogens is 244 g/mol. The third-order valence-corrected chi connectivity index (χ3v) is 3.59. The van der Waals surface area contributed by atoms with Crippen LogP contribution in [-0.2, 0) is 12.8 Å². The highest BCUT2D eigenvalue weighted by atomic mass is 14.9. The molecular formula is C18H24N2. The zero-order valence-electron chi connectivity index (χ0n) is 12.5. The first kappa shape index (κ1) is 14.7. The Morgan fingerprint density at radius 1 is 1.05 bits per heavy atom. The van der Waals surface area contributed by atoms with Crippen LogP contribution in [0.15, 0.2) is 48.7 Å². The summed E-state index contributed by atoms with van der Waals surface area (Å²) in [7, 11) is 0. The van der Waals surface area contributed by atoms with Gasteiger partial charge in [-0.15, -0.1) is 0 Å². The summed E-state index contributed by atoms with van der Waals surface area (Å²) in [6.07, 6.45) is 5.07. The number of hydrogen-bond acceptors (Lipinski definition) is 2. The zero-order chi connectivity index (χ0) is 14.2. The minimum Gasteiger partial charge on any atom is -0.313 e. The summed E-state index contributed by atoms with van der Waals surface area (Å²) < 4.78 is 0. The number of nitrogens with zero attached hydrogens (tertiary/aromatic N) is 1. The molecule has 106 valence electrons. The molecule has 1 aromatic heterocycles. The van der Waals surface area contributed by atoms with E-state index in [2.05, 4.69) is 60.5 Å². The van der Waals surface area contributed by atoms with Crippen LogP contribution in [-0.4, -0.2) is 17.6 Å². The van der Waals surface area contributed by atoms with Gasteiger partial charge in [-0.25, -0.2) is 0 Å².